The topological polar surface area (TPSA) is 29.1 Å². The van der Waals surface area contributed by atoms with Crippen molar-refractivity contribution in [2.24, 2.45) is 5.92 Å². The predicted molar refractivity (Wildman–Crippen MR) is 74.6 cm³/mol. The molecule has 1 aromatic carbocycles. The quantitative estimate of drug-likeness (QED) is 0.882. The van der Waals surface area contributed by atoms with Gasteiger partial charge < -0.3 is 5.32 Å². The molecule has 0 saturated heterocycles. The lowest BCUT2D eigenvalue weighted by atomic mass is 9.84. The third kappa shape index (κ3) is 3.55. The number of hydrogen-bond acceptors (Lipinski definition) is 1. The van der Waals surface area contributed by atoms with E-state index in [0.717, 1.165) is 0 Å². The second-order valence-electron chi connectivity index (χ2n) is 5.62. The first-order chi connectivity index (χ1) is 9.08. The number of hydrogen-bond donors (Lipinski definition) is 1. The lowest BCUT2D eigenvalue weighted by Gasteiger charge is -2.28. The molecule has 1 aliphatic rings. The van der Waals surface area contributed by atoms with E-state index < -0.39 is 0 Å². The first-order valence-electron chi connectivity index (χ1n) is 7.15. The number of amides is 1. The van der Waals surface area contributed by atoms with Crippen LogP contribution in [0.25, 0.3) is 0 Å². The number of carbonyl (C=O) groups is 1. The van der Waals surface area contributed by atoms with Crippen molar-refractivity contribution in [2.75, 3.05) is 0 Å². The normalized spacial score (nSPS) is 18.1. The van der Waals surface area contributed by atoms with Crippen molar-refractivity contribution in [1.82, 2.24) is 5.32 Å². The molecule has 3 heteroatoms. The number of nitrogens with one attached hydrogen (secondary N) is 1. The molecule has 1 unspecified atom stereocenters. The highest BCUT2D eigenvalue weighted by Crippen LogP contribution is 2.26. The van der Waals surface area contributed by atoms with Gasteiger partial charge in [-0.1, -0.05) is 19.3 Å². The molecule has 0 heterocycles. The summed E-state index contributed by atoms with van der Waals surface area (Å²) in [6.45, 7) is 3.84. The molecule has 1 aliphatic carbocycles. The third-order valence-electron chi connectivity index (χ3n) is 4.15. The van der Waals surface area contributed by atoms with E-state index in [-0.39, 0.29) is 17.8 Å². The molecule has 0 spiro atoms. The Balaban J connectivity index is 1.99. The van der Waals surface area contributed by atoms with Crippen LogP contribution in [-0.4, -0.2) is 11.9 Å². The molecule has 1 saturated carbocycles. The van der Waals surface area contributed by atoms with Crippen LogP contribution in [0.1, 0.15) is 54.9 Å². The van der Waals surface area contributed by atoms with Gasteiger partial charge in [0, 0.05) is 11.6 Å². The van der Waals surface area contributed by atoms with E-state index in [4.69, 9.17) is 0 Å². The van der Waals surface area contributed by atoms with E-state index in [0.29, 0.717) is 17.0 Å². The summed E-state index contributed by atoms with van der Waals surface area (Å²) < 4.78 is 13.0. The van der Waals surface area contributed by atoms with Crippen molar-refractivity contribution in [1.29, 1.82) is 0 Å². The Kier molecular flexibility index (Phi) is 4.56. The Morgan fingerprint density at radius 1 is 1.32 bits per heavy atom. The van der Waals surface area contributed by atoms with Crippen molar-refractivity contribution < 1.29 is 9.18 Å². The average Bonchev–Trinajstić information content (AvgIpc) is 2.39. The molecule has 19 heavy (non-hydrogen) atoms. The summed E-state index contributed by atoms with van der Waals surface area (Å²) in [5.74, 6) is 0.198. The number of carbonyl (C=O) groups excluding carboxylic acids is 1. The van der Waals surface area contributed by atoms with Crippen LogP contribution in [0.3, 0.4) is 0 Å². The van der Waals surface area contributed by atoms with E-state index in [1.54, 1.807) is 13.0 Å². The summed E-state index contributed by atoms with van der Waals surface area (Å²) in [4.78, 5) is 12.2. The molecule has 1 amide bonds. The first-order valence-corrected chi connectivity index (χ1v) is 7.15. The van der Waals surface area contributed by atoms with Crippen molar-refractivity contribution in [3.8, 4) is 0 Å². The summed E-state index contributed by atoms with van der Waals surface area (Å²) in [5.41, 5.74) is 1.26. The first kappa shape index (κ1) is 14.0. The molecule has 1 fully saturated rings. The fraction of sp³-hybridized carbons (Fsp3) is 0.562. The van der Waals surface area contributed by atoms with Gasteiger partial charge in [-0.2, -0.15) is 0 Å². The smallest absolute Gasteiger partial charge is 0.251 e. The summed E-state index contributed by atoms with van der Waals surface area (Å²) in [6.07, 6.45) is 6.24. The Labute approximate surface area is 114 Å². The molecule has 104 valence electrons. The molecule has 2 nitrogen and oxygen atoms in total. The van der Waals surface area contributed by atoms with Gasteiger partial charge in [-0.15, -0.1) is 0 Å². The maximum atomic E-state index is 13.0. The van der Waals surface area contributed by atoms with E-state index in [2.05, 4.69) is 12.2 Å². The largest absolute Gasteiger partial charge is 0.349 e. The fourth-order valence-electron chi connectivity index (χ4n) is 2.92. The number of benzene rings is 1. The molecule has 2 rings (SSSR count). The summed E-state index contributed by atoms with van der Waals surface area (Å²) in [5, 5.41) is 3.06. The Hall–Kier alpha value is -1.38. The minimum absolute atomic E-state index is 0.0874. The Bertz CT molecular complexity index is 452. The molecule has 1 N–H and O–H groups in total. The van der Waals surface area contributed by atoms with Crippen LogP contribution in [-0.2, 0) is 0 Å². The molecule has 0 bridgehead atoms. The lowest BCUT2D eigenvalue weighted by Crippen LogP contribution is -2.39. The molecule has 0 aromatic heterocycles. The van der Waals surface area contributed by atoms with Crippen LogP contribution < -0.4 is 5.32 Å². The van der Waals surface area contributed by atoms with Gasteiger partial charge in [-0.05, 0) is 56.4 Å². The van der Waals surface area contributed by atoms with Gasteiger partial charge in [0.2, 0.25) is 0 Å². The SMILES string of the molecule is Cc1cc(F)ccc1C(=O)NC(C)C1CCCCC1. The monoisotopic (exact) mass is 263 g/mol. The molecule has 1 aromatic rings. The Morgan fingerprint density at radius 2 is 2.00 bits per heavy atom. The van der Waals surface area contributed by atoms with Crippen molar-refractivity contribution in [3.63, 3.8) is 0 Å². The number of halogens is 1. The van der Waals surface area contributed by atoms with Gasteiger partial charge in [0.05, 0.1) is 0 Å². The van der Waals surface area contributed by atoms with Crippen LogP contribution in [0.5, 0.6) is 0 Å². The average molecular weight is 263 g/mol. The zero-order chi connectivity index (χ0) is 13.8. The van der Waals surface area contributed by atoms with Crippen LogP contribution in [0.15, 0.2) is 18.2 Å². The summed E-state index contributed by atoms with van der Waals surface area (Å²) in [7, 11) is 0. The van der Waals surface area contributed by atoms with Gasteiger partial charge in [-0.3, -0.25) is 4.79 Å². The van der Waals surface area contributed by atoms with E-state index in [1.165, 1.54) is 44.2 Å². The highest BCUT2D eigenvalue weighted by molar-refractivity contribution is 5.95. The second-order valence-corrected chi connectivity index (χ2v) is 5.62. The van der Waals surface area contributed by atoms with Gasteiger partial charge in [0.15, 0.2) is 0 Å². The van der Waals surface area contributed by atoms with Crippen molar-refractivity contribution in [2.45, 2.75) is 52.0 Å². The standard InChI is InChI=1S/C16H22FNO/c1-11-10-14(17)8-9-15(11)16(19)18-12(2)13-6-4-3-5-7-13/h8-10,12-13H,3-7H2,1-2H3,(H,18,19). The van der Waals surface area contributed by atoms with Crippen LogP contribution in [0.4, 0.5) is 4.39 Å². The zero-order valence-electron chi connectivity index (χ0n) is 11.7. The highest BCUT2D eigenvalue weighted by Gasteiger charge is 2.22. The second kappa shape index (κ2) is 6.18. The van der Waals surface area contributed by atoms with E-state index in [1.807, 2.05) is 0 Å². The Morgan fingerprint density at radius 3 is 2.63 bits per heavy atom. The maximum Gasteiger partial charge on any atom is 0.251 e. The zero-order valence-corrected chi connectivity index (χ0v) is 11.7. The minimum Gasteiger partial charge on any atom is -0.349 e. The van der Waals surface area contributed by atoms with Crippen LogP contribution >= 0.6 is 0 Å². The minimum atomic E-state index is -0.297. The third-order valence-corrected chi connectivity index (χ3v) is 4.15. The molecule has 0 radical (unpaired) electrons. The van der Waals surface area contributed by atoms with Gasteiger partial charge in [-0.25, -0.2) is 4.39 Å². The summed E-state index contributed by atoms with van der Waals surface area (Å²) in [6, 6.07) is 4.50. The van der Waals surface area contributed by atoms with Gasteiger partial charge in [0.1, 0.15) is 5.82 Å². The molecular weight excluding hydrogens is 241 g/mol. The van der Waals surface area contributed by atoms with Gasteiger partial charge >= 0.3 is 0 Å². The molecular formula is C16H22FNO. The van der Waals surface area contributed by atoms with Crippen LogP contribution in [0, 0.1) is 18.7 Å². The number of rotatable bonds is 3. The number of aryl methyl sites for hydroxylation is 1. The molecule has 1 atom stereocenters. The lowest BCUT2D eigenvalue weighted by molar-refractivity contribution is 0.0918. The van der Waals surface area contributed by atoms with Crippen LogP contribution in [0.2, 0.25) is 0 Å². The van der Waals surface area contributed by atoms with Crippen molar-refractivity contribution in [3.05, 3.63) is 35.1 Å². The van der Waals surface area contributed by atoms with Crippen molar-refractivity contribution >= 4 is 5.91 Å². The van der Waals surface area contributed by atoms with Gasteiger partial charge in [0.25, 0.3) is 5.91 Å². The fourth-order valence-corrected chi connectivity index (χ4v) is 2.92. The molecule has 0 aliphatic heterocycles. The summed E-state index contributed by atoms with van der Waals surface area (Å²) >= 11 is 0. The predicted octanol–water partition coefficient (Wildman–Crippen LogP) is 3.83. The maximum absolute atomic E-state index is 13.0. The van der Waals surface area contributed by atoms with E-state index >= 15 is 0 Å². The van der Waals surface area contributed by atoms with E-state index in [9.17, 15) is 9.18 Å². The highest BCUT2D eigenvalue weighted by atomic mass is 19.1.